The third-order valence-electron chi connectivity index (χ3n) is 2.86. The Balaban J connectivity index is 2.35. The summed E-state index contributed by atoms with van der Waals surface area (Å²) in [6.07, 6.45) is 1.56. The summed E-state index contributed by atoms with van der Waals surface area (Å²) in [7, 11) is 3.11. The number of carbonyl (C=O) groups is 1. The lowest BCUT2D eigenvalue weighted by Crippen LogP contribution is -2.26. The second-order valence-corrected chi connectivity index (χ2v) is 4.09. The fourth-order valence-corrected chi connectivity index (χ4v) is 1.80. The van der Waals surface area contributed by atoms with Crippen molar-refractivity contribution in [3.8, 4) is 11.9 Å². The van der Waals surface area contributed by atoms with E-state index in [0.29, 0.717) is 16.8 Å². The van der Waals surface area contributed by atoms with Gasteiger partial charge in [0.15, 0.2) is 0 Å². The van der Waals surface area contributed by atoms with Gasteiger partial charge >= 0.3 is 0 Å². The van der Waals surface area contributed by atoms with Crippen LogP contribution < -0.4 is 9.64 Å². The number of carbonyl (C=O) groups excluding carboxylic acids is 1. The third kappa shape index (κ3) is 2.59. The molecule has 0 unspecified atom stereocenters. The number of rotatable bonds is 3. The van der Waals surface area contributed by atoms with Crippen LogP contribution in [-0.2, 0) is 0 Å². The predicted octanol–water partition coefficient (Wildman–Crippen LogP) is 2.24. The summed E-state index contributed by atoms with van der Waals surface area (Å²) in [4.78, 5) is 17.9. The zero-order valence-electron chi connectivity index (χ0n) is 11.2. The van der Waals surface area contributed by atoms with Crippen molar-refractivity contribution >= 4 is 11.6 Å². The molecule has 0 aliphatic rings. The first kappa shape index (κ1) is 13.6. The number of hydrogen-bond acceptors (Lipinski definition) is 4. The van der Waals surface area contributed by atoms with Gasteiger partial charge in [-0.3, -0.25) is 4.79 Å². The number of anilines is 1. The molecule has 0 bridgehead atoms. The largest absolute Gasteiger partial charge is 0.480 e. The number of hydrogen-bond donors (Lipinski definition) is 0. The smallest absolute Gasteiger partial charge is 0.263 e. The van der Waals surface area contributed by atoms with E-state index >= 15 is 0 Å². The Morgan fingerprint density at radius 1 is 1.35 bits per heavy atom. The minimum atomic E-state index is -0.245. The number of nitrogens with zero attached hydrogens (tertiary/aromatic N) is 3. The molecule has 0 fully saturated rings. The Morgan fingerprint density at radius 3 is 2.85 bits per heavy atom. The van der Waals surface area contributed by atoms with E-state index in [1.807, 2.05) is 6.07 Å². The molecule has 100 valence electrons. The molecule has 2 aromatic rings. The maximum Gasteiger partial charge on any atom is 0.263 e. The molecule has 20 heavy (non-hydrogen) atoms. The molecule has 0 atom stereocenters. The predicted molar refractivity (Wildman–Crippen MR) is 74.7 cm³/mol. The van der Waals surface area contributed by atoms with Crippen LogP contribution in [0.3, 0.4) is 0 Å². The quantitative estimate of drug-likeness (QED) is 0.855. The van der Waals surface area contributed by atoms with Gasteiger partial charge in [0.1, 0.15) is 5.56 Å². The second-order valence-electron chi connectivity index (χ2n) is 4.09. The van der Waals surface area contributed by atoms with Gasteiger partial charge in [-0.05, 0) is 30.3 Å². The molecular formula is C15H13N3O2. The molecule has 1 aromatic heterocycles. The molecule has 5 nitrogen and oxygen atoms in total. The van der Waals surface area contributed by atoms with E-state index in [2.05, 4.69) is 4.98 Å². The summed E-state index contributed by atoms with van der Waals surface area (Å²) in [5, 5.41) is 8.90. The Morgan fingerprint density at radius 2 is 2.15 bits per heavy atom. The molecule has 0 aliphatic heterocycles. The fraction of sp³-hybridized carbons (Fsp3) is 0.133. The van der Waals surface area contributed by atoms with Gasteiger partial charge in [0.05, 0.1) is 18.7 Å². The van der Waals surface area contributed by atoms with E-state index in [1.54, 1.807) is 49.6 Å². The van der Waals surface area contributed by atoms with Crippen molar-refractivity contribution in [2.45, 2.75) is 0 Å². The van der Waals surface area contributed by atoms with Crippen molar-refractivity contribution in [2.24, 2.45) is 0 Å². The van der Waals surface area contributed by atoms with Crippen LogP contribution in [0.15, 0.2) is 42.6 Å². The highest BCUT2D eigenvalue weighted by molar-refractivity contribution is 6.07. The summed E-state index contributed by atoms with van der Waals surface area (Å²) in [6.45, 7) is 0. The molecule has 5 heteroatoms. The van der Waals surface area contributed by atoms with Crippen molar-refractivity contribution in [2.75, 3.05) is 19.1 Å². The lowest BCUT2D eigenvalue weighted by atomic mass is 10.2. The monoisotopic (exact) mass is 267 g/mol. The first-order chi connectivity index (χ1) is 9.67. The van der Waals surface area contributed by atoms with E-state index in [4.69, 9.17) is 10.00 Å². The standard InChI is InChI=1S/C15H13N3O2/c1-18(12-6-3-5-11(9-12)10-16)15(19)13-7-4-8-17-14(13)20-2/h3-9H,1-2H3. The van der Waals surface area contributed by atoms with E-state index < -0.39 is 0 Å². The normalized spacial score (nSPS) is 9.65. The summed E-state index contributed by atoms with van der Waals surface area (Å²) in [5.74, 6) is 0.0332. The van der Waals surface area contributed by atoms with E-state index in [-0.39, 0.29) is 11.8 Å². The van der Waals surface area contributed by atoms with Gasteiger partial charge in [-0.15, -0.1) is 0 Å². The van der Waals surface area contributed by atoms with E-state index in [9.17, 15) is 4.79 Å². The summed E-state index contributed by atoms with van der Waals surface area (Å²) in [6, 6.07) is 12.2. The van der Waals surface area contributed by atoms with Crippen LogP contribution in [0, 0.1) is 11.3 Å². The summed E-state index contributed by atoms with van der Waals surface area (Å²) >= 11 is 0. The Labute approximate surface area is 117 Å². The second kappa shape index (κ2) is 5.85. The Kier molecular flexibility index (Phi) is 3.96. The zero-order valence-corrected chi connectivity index (χ0v) is 11.2. The lowest BCUT2D eigenvalue weighted by Gasteiger charge is -2.18. The number of aromatic nitrogens is 1. The van der Waals surface area contributed by atoms with E-state index in [1.165, 1.54) is 12.0 Å². The molecule has 0 saturated heterocycles. The number of amides is 1. The SMILES string of the molecule is COc1ncccc1C(=O)N(C)c1cccc(C#N)c1. The fourth-order valence-electron chi connectivity index (χ4n) is 1.80. The average molecular weight is 267 g/mol. The van der Waals surface area contributed by atoms with Crippen LogP contribution in [0.25, 0.3) is 0 Å². The first-order valence-electron chi connectivity index (χ1n) is 5.94. The molecule has 2 rings (SSSR count). The molecule has 1 aromatic carbocycles. The molecule has 1 heterocycles. The van der Waals surface area contributed by atoms with Gasteiger partial charge in [-0.1, -0.05) is 6.07 Å². The van der Waals surface area contributed by atoms with Crippen molar-refractivity contribution in [1.29, 1.82) is 5.26 Å². The van der Waals surface area contributed by atoms with Crippen LogP contribution in [0.2, 0.25) is 0 Å². The van der Waals surface area contributed by atoms with Crippen molar-refractivity contribution < 1.29 is 9.53 Å². The zero-order chi connectivity index (χ0) is 14.5. The van der Waals surface area contributed by atoms with Gasteiger partial charge in [0, 0.05) is 18.9 Å². The van der Waals surface area contributed by atoms with Gasteiger partial charge in [0.25, 0.3) is 5.91 Å². The van der Waals surface area contributed by atoms with Crippen LogP contribution in [0.4, 0.5) is 5.69 Å². The maximum atomic E-state index is 12.4. The third-order valence-corrected chi connectivity index (χ3v) is 2.86. The number of benzene rings is 1. The Bertz CT molecular complexity index is 677. The highest BCUT2D eigenvalue weighted by Crippen LogP contribution is 2.21. The number of methoxy groups -OCH3 is 1. The molecule has 0 saturated carbocycles. The topological polar surface area (TPSA) is 66.2 Å². The molecule has 1 amide bonds. The van der Waals surface area contributed by atoms with Crippen molar-refractivity contribution in [1.82, 2.24) is 4.98 Å². The van der Waals surface area contributed by atoms with E-state index in [0.717, 1.165) is 0 Å². The molecule has 0 spiro atoms. The number of pyridine rings is 1. The lowest BCUT2D eigenvalue weighted by molar-refractivity contribution is 0.0989. The van der Waals surface area contributed by atoms with Crippen LogP contribution >= 0.6 is 0 Å². The molecule has 0 radical (unpaired) electrons. The summed E-state index contributed by atoms with van der Waals surface area (Å²) < 4.78 is 5.09. The van der Waals surface area contributed by atoms with Crippen molar-refractivity contribution in [3.63, 3.8) is 0 Å². The molecule has 0 aliphatic carbocycles. The van der Waals surface area contributed by atoms with Gasteiger partial charge < -0.3 is 9.64 Å². The minimum absolute atomic E-state index is 0.245. The maximum absolute atomic E-state index is 12.4. The number of ether oxygens (including phenoxy) is 1. The minimum Gasteiger partial charge on any atom is -0.480 e. The molecular weight excluding hydrogens is 254 g/mol. The Hall–Kier alpha value is -2.87. The van der Waals surface area contributed by atoms with Crippen LogP contribution in [-0.4, -0.2) is 25.0 Å². The molecule has 0 N–H and O–H groups in total. The van der Waals surface area contributed by atoms with Crippen molar-refractivity contribution in [3.05, 3.63) is 53.7 Å². The highest BCUT2D eigenvalue weighted by atomic mass is 16.5. The van der Waals surface area contributed by atoms with Gasteiger partial charge in [0.2, 0.25) is 5.88 Å². The average Bonchev–Trinajstić information content (AvgIpc) is 2.53. The van der Waals surface area contributed by atoms with Crippen LogP contribution in [0.1, 0.15) is 15.9 Å². The number of nitriles is 1. The van der Waals surface area contributed by atoms with Gasteiger partial charge in [-0.25, -0.2) is 4.98 Å². The highest BCUT2D eigenvalue weighted by Gasteiger charge is 2.18. The van der Waals surface area contributed by atoms with Crippen LogP contribution in [0.5, 0.6) is 5.88 Å². The summed E-state index contributed by atoms with van der Waals surface area (Å²) in [5.41, 5.74) is 1.51. The van der Waals surface area contributed by atoms with Gasteiger partial charge in [-0.2, -0.15) is 5.26 Å². The first-order valence-corrected chi connectivity index (χ1v) is 5.94.